The van der Waals surface area contributed by atoms with Gasteiger partial charge in [0.25, 0.3) is 0 Å². The number of aryl methyl sites for hydroxylation is 1. The molecule has 0 N–H and O–H groups in total. The minimum absolute atomic E-state index is 0.437. The van der Waals surface area contributed by atoms with Crippen LogP contribution in [-0.4, -0.2) is 11.6 Å². The quantitative estimate of drug-likeness (QED) is 0.708. The standard InChI is InChI=1S/C11H15NO/c1-9-3-4-10(12-7-9)13-8-11(2)5-6-11/h3-4,7H,5-6,8H2,1-2H3. The van der Waals surface area contributed by atoms with Gasteiger partial charge in [-0.05, 0) is 25.3 Å². The Bertz CT molecular complexity index is 287. The van der Waals surface area contributed by atoms with Crippen molar-refractivity contribution in [3.63, 3.8) is 0 Å². The highest BCUT2D eigenvalue weighted by Gasteiger charge is 2.38. The smallest absolute Gasteiger partial charge is 0.213 e. The number of hydrogen-bond acceptors (Lipinski definition) is 2. The average molecular weight is 177 g/mol. The molecule has 2 nitrogen and oxygen atoms in total. The van der Waals surface area contributed by atoms with Crippen LogP contribution in [0.25, 0.3) is 0 Å². The van der Waals surface area contributed by atoms with E-state index in [1.165, 1.54) is 18.4 Å². The molecule has 0 radical (unpaired) electrons. The zero-order valence-electron chi connectivity index (χ0n) is 8.21. The molecule has 2 heteroatoms. The highest BCUT2D eigenvalue weighted by Crippen LogP contribution is 2.44. The summed E-state index contributed by atoms with van der Waals surface area (Å²) in [7, 11) is 0. The van der Waals surface area contributed by atoms with Crippen molar-refractivity contribution < 1.29 is 4.74 Å². The Kier molecular flexibility index (Phi) is 1.98. The zero-order valence-corrected chi connectivity index (χ0v) is 8.21. The summed E-state index contributed by atoms with van der Waals surface area (Å²) >= 11 is 0. The van der Waals surface area contributed by atoms with E-state index in [0.717, 1.165) is 12.5 Å². The van der Waals surface area contributed by atoms with Gasteiger partial charge in [0.15, 0.2) is 0 Å². The molecule has 1 aliphatic rings. The van der Waals surface area contributed by atoms with Crippen molar-refractivity contribution >= 4 is 0 Å². The molecule has 1 aliphatic carbocycles. The SMILES string of the molecule is Cc1ccc(OCC2(C)CC2)nc1. The van der Waals surface area contributed by atoms with E-state index in [-0.39, 0.29) is 0 Å². The molecule has 0 bridgehead atoms. The van der Waals surface area contributed by atoms with Crippen molar-refractivity contribution in [1.29, 1.82) is 0 Å². The minimum Gasteiger partial charge on any atom is -0.477 e. The molecule has 0 aromatic carbocycles. The summed E-state index contributed by atoms with van der Waals surface area (Å²) in [4.78, 5) is 4.19. The van der Waals surface area contributed by atoms with Crippen molar-refractivity contribution in [1.82, 2.24) is 4.98 Å². The van der Waals surface area contributed by atoms with E-state index in [1.54, 1.807) is 0 Å². The monoisotopic (exact) mass is 177 g/mol. The van der Waals surface area contributed by atoms with Gasteiger partial charge < -0.3 is 4.74 Å². The molecule has 1 saturated carbocycles. The largest absolute Gasteiger partial charge is 0.477 e. The first-order valence-electron chi connectivity index (χ1n) is 4.73. The summed E-state index contributed by atoms with van der Waals surface area (Å²) in [6.45, 7) is 5.09. The molecule has 0 unspecified atom stereocenters. The first kappa shape index (κ1) is 8.54. The average Bonchev–Trinajstić information content (AvgIpc) is 2.84. The maximum absolute atomic E-state index is 5.58. The molecule has 13 heavy (non-hydrogen) atoms. The molecule has 0 atom stereocenters. The van der Waals surface area contributed by atoms with E-state index >= 15 is 0 Å². The molecule has 2 rings (SSSR count). The fourth-order valence-electron chi connectivity index (χ4n) is 1.15. The predicted octanol–water partition coefficient (Wildman–Crippen LogP) is 2.57. The number of nitrogens with zero attached hydrogens (tertiary/aromatic N) is 1. The summed E-state index contributed by atoms with van der Waals surface area (Å²) in [6.07, 6.45) is 4.42. The Hall–Kier alpha value is -1.05. The number of aromatic nitrogens is 1. The maximum Gasteiger partial charge on any atom is 0.213 e. The molecule has 0 saturated heterocycles. The lowest BCUT2D eigenvalue weighted by molar-refractivity contribution is 0.239. The summed E-state index contributed by atoms with van der Waals surface area (Å²) < 4.78 is 5.58. The maximum atomic E-state index is 5.58. The van der Waals surface area contributed by atoms with Gasteiger partial charge >= 0.3 is 0 Å². The highest BCUT2D eigenvalue weighted by molar-refractivity contribution is 5.16. The fourth-order valence-corrected chi connectivity index (χ4v) is 1.15. The van der Waals surface area contributed by atoms with Crippen molar-refractivity contribution in [3.8, 4) is 5.88 Å². The van der Waals surface area contributed by atoms with Gasteiger partial charge in [-0.15, -0.1) is 0 Å². The number of hydrogen-bond donors (Lipinski definition) is 0. The lowest BCUT2D eigenvalue weighted by Crippen LogP contribution is -2.09. The van der Waals surface area contributed by atoms with Crippen LogP contribution in [-0.2, 0) is 0 Å². The molecule has 1 fully saturated rings. The Balaban J connectivity index is 1.91. The van der Waals surface area contributed by atoms with Gasteiger partial charge in [-0.2, -0.15) is 0 Å². The Morgan fingerprint density at radius 2 is 2.23 bits per heavy atom. The van der Waals surface area contributed by atoms with Gasteiger partial charge in [0, 0.05) is 17.7 Å². The predicted molar refractivity (Wildman–Crippen MR) is 51.8 cm³/mol. The van der Waals surface area contributed by atoms with E-state index < -0.39 is 0 Å². The molecule has 1 aromatic heterocycles. The molecule has 70 valence electrons. The van der Waals surface area contributed by atoms with Crippen LogP contribution in [0.15, 0.2) is 18.3 Å². The lowest BCUT2D eigenvalue weighted by Gasteiger charge is -2.09. The number of pyridine rings is 1. The van der Waals surface area contributed by atoms with Crippen molar-refractivity contribution in [2.24, 2.45) is 5.41 Å². The van der Waals surface area contributed by atoms with Crippen LogP contribution in [0.4, 0.5) is 0 Å². The first-order chi connectivity index (χ1) is 6.18. The third-order valence-electron chi connectivity index (χ3n) is 2.56. The zero-order chi connectivity index (χ0) is 9.31. The van der Waals surface area contributed by atoms with Gasteiger partial charge in [0.1, 0.15) is 0 Å². The summed E-state index contributed by atoms with van der Waals surface area (Å²) in [5, 5.41) is 0. The normalized spacial score (nSPS) is 18.3. The van der Waals surface area contributed by atoms with E-state index in [2.05, 4.69) is 11.9 Å². The molecule has 0 amide bonds. The van der Waals surface area contributed by atoms with Gasteiger partial charge in [0.05, 0.1) is 6.61 Å². The van der Waals surface area contributed by atoms with Crippen LogP contribution in [0.3, 0.4) is 0 Å². The fraction of sp³-hybridized carbons (Fsp3) is 0.545. The molecule has 1 heterocycles. The second kappa shape index (κ2) is 3.02. The molecule has 0 spiro atoms. The van der Waals surface area contributed by atoms with Gasteiger partial charge in [0.2, 0.25) is 5.88 Å². The molecular weight excluding hydrogens is 162 g/mol. The molecule has 1 aromatic rings. The summed E-state index contributed by atoms with van der Waals surface area (Å²) in [5.74, 6) is 0.749. The van der Waals surface area contributed by atoms with Crippen molar-refractivity contribution in [2.45, 2.75) is 26.7 Å². The van der Waals surface area contributed by atoms with Gasteiger partial charge in [-0.3, -0.25) is 0 Å². The third kappa shape index (κ3) is 2.20. The van der Waals surface area contributed by atoms with Crippen LogP contribution in [0, 0.1) is 12.3 Å². The number of ether oxygens (including phenoxy) is 1. The van der Waals surface area contributed by atoms with Crippen LogP contribution in [0.1, 0.15) is 25.3 Å². The Morgan fingerprint density at radius 1 is 1.46 bits per heavy atom. The third-order valence-corrected chi connectivity index (χ3v) is 2.56. The summed E-state index contributed by atoms with van der Waals surface area (Å²) in [5.41, 5.74) is 1.61. The van der Waals surface area contributed by atoms with E-state index in [0.29, 0.717) is 5.41 Å². The van der Waals surface area contributed by atoms with Gasteiger partial charge in [-0.25, -0.2) is 4.98 Å². The van der Waals surface area contributed by atoms with Crippen LogP contribution < -0.4 is 4.74 Å². The van der Waals surface area contributed by atoms with E-state index in [9.17, 15) is 0 Å². The van der Waals surface area contributed by atoms with Crippen LogP contribution in [0.5, 0.6) is 5.88 Å². The van der Waals surface area contributed by atoms with E-state index in [4.69, 9.17) is 4.74 Å². The lowest BCUT2D eigenvalue weighted by atomic mass is 10.2. The molecular formula is C11H15NO. The second-order valence-electron chi connectivity index (χ2n) is 4.27. The van der Waals surface area contributed by atoms with Gasteiger partial charge in [-0.1, -0.05) is 13.0 Å². The molecule has 0 aliphatic heterocycles. The van der Waals surface area contributed by atoms with E-state index in [1.807, 2.05) is 25.3 Å². The van der Waals surface area contributed by atoms with Crippen molar-refractivity contribution in [2.75, 3.05) is 6.61 Å². The topological polar surface area (TPSA) is 22.1 Å². The minimum atomic E-state index is 0.437. The van der Waals surface area contributed by atoms with Crippen molar-refractivity contribution in [3.05, 3.63) is 23.9 Å². The Morgan fingerprint density at radius 3 is 2.77 bits per heavy atom. The van der Waals surface area contributed by atoms with Crippen LogP contribution in [0.2, 0.25) is 0 Å². The summed E-state index contributed by atoms with van der Waals surface area (Å²) in [6, 6.07) is 3.96. The Labute approximate surface area is 78.9 Å². The number of rotatable bonds is 3. The van der Waals surface area contributed by atoms with Crippen LogP contribution >= 0.6 is 0 Å². The second-order valence-corrected chi connectivity index (χ2v) is 4.27. The first-order valence-corrected chi connectivity index (χ1v) is 4.73. The highest BCUT2D eigenvalue weighted by atomic mass is 16.5.